The molecule has 2 rings (SSSR count). The number of halogens is 1. The van der Waals surface area contributed by atoms with Crippen LogP contribution in [-0.2, 0) is 6.42 Å². The van der Waals surface area contributed by atoms with Crippen molar-refractivity contribution in [1.82, 2.24) is 4.98 Å². The zero-order valence-corrected chi connectivity index (χ0v) is 11.9. The number of nitrogens with zero attached hydrogens (tertiary/aromatic N) is 1. The van der Waals surface area contributed by atoms with Gasteiger partial charge in [0.2, 0.25) is 0 Å². The molecule has 19 heavy (non-hydrogen) atoms. The fraction of sp³-hybridized carbons (Fsp3) is 0.312. The van der Waals surface area contributed by atoms with E-state index >= 15 is 0 Å². The zero-order valence-electron chi connectivity index (χ0n) is 11.2. The molecule has 0 saturated heterocycles. The first-order chi connectivity index (χ1) is 9.06. The Morgan fingerprint density at radius 3 is 2.58 bits per heavy atom. The molecular weight excluding hydrogens is 258 g/mol. The summed E-state index contributed by atoms with van der Waals surface area (Å²) in [7, 11) is 0. The van der Waals surface area contributed by atoms with Gasteiger partial charge >= 0.3 is 0 Å². The Morgan fingerprint density at radius 2 is 1.95 bits per heavy atom. The molecule has 0 spiro atoms. The van der Waals surface area contributed by atoms with E-state index in [-0.39, 0.29) is 0 Å². The predicted molar refractivity (Wildman–Crippen MR) is 78.3 cm³/mol. The number of pyridine rings is 1. The van der Waals surface area contributed by atoms with E-state index in [9.17, 15) is 5.11 Å². The van der Waals surface area contributed by atoms with Crippen molar-refractivity contribution in [3.05, 3.63) is 64.4 Å². The smallest absolute Gasteiger partial charge is 0.129 e. The Morgan fingerprint density at radius 1 is 1.16 bits per heavy atom. The van der Waals surface area contributed by atoms with Gasteiger partial charge in [0.1, 0.15) is 11.3 Å². The molecule has 1 aromatic heterocycles. The molecule has 1 unspecified atom stereocenters. The van der Waals surface area contributed by atoms with E-state index in [0.717, 1.165) is 17.5 Å². The molecule has 0 amide bonds. The van der Waals surface area contributed by atoms with Gasteiger partial charge in [0, 0.05) is 11.8 Å². The van der Waals surface area contributed by atoms with Gasteiger partial charge in [0.15, 0.2) is 0 Å². The average Bonchev–Trinajstić information content (AvgIpc) is 2.38. The second-order valence-corrected chi connectivity index (χ2v) is 5.55. The van der Waals surface area contributed by atoms with Crippen LogP contribution in [0.5, 0.6) is 0 Å². The first-order valence-corrected chi connectivity index (χ1v) is 6.82. The molecule has 0 saturated carbocycles. The highest BCUT2D eigenvalue weighted by Gasteiger charge is 2.11. The van der Waals surface area contributed by atoms with Crippen LogP contribution >= 0.6 is 11.6 Å². The maximum atomic E-state index is 10.4. The minimum absolute atomic E-state index is 0.435. The molecule has 0 aliphatic rings. The first kappa shape index (κ1) is 14.0. The van der Waals surface area contributed by atoms with Gasteiger partial charge in [-0.15, -0.1) is 0 Å². The summed E-state index contributed by atoms with van der Waals surface area (Å²) < 4.78 is 0. The summed E-state index contributed by atoms with van der Waals surface area (Å²) in [4.78, 5) is 4.00. The second kappa shape index (κ2) is 6.18. The van der Waals surface area contributed by atoms with Gasteiger partial charge in [-0.05, 0) is 29.5 Å². The number of rotatable bonds is 4. The fourth-order valence-electron chi connectivity index (χ4n) is 2.10. The van der Waals surface area contributed by atoms with Crippen LogP contribution in [0.2, 0.25) is 5.15 Å². The quantitative estimate of drug-likeness (QED) is 0.855. The SMILES string of the molecule is CC(C)Cc1cccc(C(O)c2ccc(Cl)nc2)c1. The van der Waals surface area contributed by atoms with Crippen LogP contribution in [0.15, 0.2) is 42.6 Å². The Labute approximate surface area is 119 Å². The van der Waals surface area contributed by atoms with E-state index in [4.69, 9.17) is 11.6 Å². The van der Waals surface area contributed by atoms with Gasteiger partial charge in [0.25, 0.3) is 0 Å². The van der Waals surface area contributed by atoms with Gasteiger partial charge < -0.3 is 5.11 Å². The number of hydrogen-bond donors (Lipinski definition) is 1. The number of aliphatic hydroxyl groups excluding tert-OH is 1. The molecule has 2 aromatic rings. The highest BCUT2D eigenvalue weighted by Crippen LogP contribution is 2.23. The fourth-order valence-corrected chi connectivity index (χ4v) is 2.21. The monoisotopic (exact) mass is 275 g/mol. The summed E-state index contributed by atoms with van der Waals surface area (Å²) >= 11 is 5.75. The Bertz CT molecular complexity index is 537. The lowest BCUT2D eigenvalue weighted by molar-refractivity contribution is 0.220. The van der Waals surface area contributed by atoms with E-state index in [0.29, 0.717) is 11.1 Å². The van der Waals surface area contributed by atoms with Crippen molar-refractivity contribution in [2.75, 3.05) is 0 Å². The average molecular weight is 276 g/mol. The molecule has 1 heterocycles. The first-order valence-electron chi connectivity index (χ1n) is 6.44. The maximum absolute atomic E-state index is 10.4. The van der Waals surface area contributed by atoms with Crippen molar-refractivity contribution in [2.45, 2.75) is 26.4 Å². The normalized spacial score (nSPS) is 12.7. The minimum Gasteiger partial charge on any atom is -0.384 e. The minimum atomic E-state index is -0.656. The largest absolute Gasteiger partial charge is 0.384 e. The Hall–Kier alpha value is -1.38. The van der Waals surface area contributed by atoms with E-state index in [1.807, 2.05) is 12.1 Å². The van der Waals surface area contributed by atoms with Gasteiger partial charge in [0.05, 0.1) is 0 Å². The summed E-state index contributed by atoms with van der Waals surface area (Å²) in [5.74, 6) is 0.601. The molecule has 1 aromatic carbocycles. The molecule has 0 fully saturated rings. The maximum Gasteiger partial charge on any atom is 0.129 e. The van der Waals surface area contributed by atoms with Crippen LogP contribution < -0.4 is 0 Å². The molecule has 0 aliphatic carbocycles. The van der Waals surface area contributed by atoms with Crippen LogP contribution in [0.25, 0.3) is 0 Å². The van der Waals surface area contributed by atoms with E-state index in [1.54, 1.807) is 18.3 Å². The van der Waals surface area contributed by atoms with Gasteiger partial charge in [-0.25, -0.2) is 4.98 Å². The molecule has 100 valence electrons. The number of aromatic nitrogens is 1. The number of benzene rings is 1. The standard InChI is InChI=1S/C16H18ClNO/c1-11(2)8-12-4-3-5-13(9-12)16(19)14-6-7-15(17)18-10-14/h3-7,9-11,16,19H,8H2,1-2H3. The lowest BCUT2D eigenvalue weighted by atomic mass is 9.97. The van der Waals surface area contributed by atoms with Crippen LogP contribution in [0.1, 0.15) is 36.6 Å². The van der Waals surface area contributed by atoms with Crippen molar-refractivity contribution in [1.29, 1.82) is 0 Å². The second-order valence-electron chi connectivity index (χ2n) is 5.16. The molecular formula is C16H18ClNO. The number of aliphatic hydroxyl groups is 1. The summed E-state index contributed by atoms with van der Waals surface area (Å²) in [5.41, 5.74) is 2.89. The number of hydrogen-bond acceptors (Lipinski definition) is 2. The van der Waals surface area contributed by atoms with Gasteiger partial charge in [-0.3, -0.25) is 0 Å². The van der Waals surface area contributed by atoms with E-state index < -0.39 is 6.10 Å². The highest BCUT2D eigenvalue weighted by molar-refractivity contribution is 6.29. The Kier molecular flexibility index (Phi) is 4.56. The van der Waals surface area contributed by atoms with Crippen molar-refractivity contribution in [3.63, 3.8) is 0 Å². The Balaban J connectivity index is 2.23. The summed E-state index contributed by atoms with van der Waals surface area (Å²) in [6, 6.07) is 11.6. The molecule has 1 N–H and O–H groups in total. The highest BCUT2D eigenvalue weighted by atomic mass is 35.5. The zero-order chi connectivity index (χ0) is 13.8. The summed E-state index contributed by atoms with van der Waals surface area (Å²) in [5, 5.41) is 10.8. The molecule has 0 aliphatic heterocycles. The van der Waals surface area contributed by atoms with Gasteiger partial charge in [-0.1, -0.05) is 55.8 Å². The third kappa shape index (κ3) is 3.79. The van der Waals surface area contributed by atoms with Crippen molar-refractivity contribution >= 4 is 11.6 Å². The topological polar surface area (TPSA) is 33.1 Å². The third-order valence-corrected chi connectivity index (χ3v) is 3.20. The predicted octanol–water partition coefficient (Wildman–Crippen LogP) is 4.02. The van der Waals surface area contributed by atoms with E-state index in [1.165, 1.54) is 5.56 Å². The third-order valence-electron chi connectivity index (χ3n) is 2.98. The van der Waals surface area contributed by atoms with Crippen molar-refractivity contribution in [2.24, 2.45) is 5.92 Å². The van der Waals surface area contributed by atoms with Crippen molar-refractivity contribution < 1.29 is 5.11 Å². The summed E-state index contributed by atoms with van der Waals surface area (Å²) in [6.45, 7) is 4.37. The molecule has 0 bridgehead atoms. The van der Waals surface area contributed by atoms with Crippen LogP contribution in [0, 0.1) is 5.92 Å². The lowest BCUT2D eigenvalue weighted by Crippen LogP contribution is -2.02. The van der Waals surface area contributed by atoms with E-state index in [2.05, 4.69) is 31.0 Å². The lowest BCUT2D eigenvalue weighted by Gasteiger charge is -2.13. The van der Waals surface area contributed by atoms with Crippen LogP contribution in [0.3, 0.4) is 0 Å². The molecule has 0 radical (unpaired) electrons. The van der Waals surface area contributed by atoms with Crippen molar-refractivity contribution in [3.8, 4) is 0 Å². The van der Waals surface area contributed by atoms with Crippen LogP contribution in [-0.4, -0.2) is 10.1 Å². The van der Waals surface area contributed by atoms with Crippen LogP contribution in [0.4, 0.5) is 0 Å². The summed E-state index contributed by atoms with van der Waals surface area (Å²) in [6.07, 6.45) is 1.97. The molecule has 2 nitrogen and oxygen atoms in total. The molecule has 3 heteroatoms. The molecule has 1 atom stereocenters. The van der Waals surface area contributed by atoms with Gasteiger partial charge in [-0.2, -0.15) is 0 Å².